The van der Waals surface area contributed by atoms with Gasteiger partial charge in [0, 0.05) is 5.39 Å². The van der Waals surface area contributed by atoms with Gasteiger partial charge >= 0.3 is 21.6 Å². The SMILES string of the molecule is COC(=O)c1cc(OS(=O)(=O)C(F)(F)F)c2ccc(OCc3ccccc3)cc2c1. The molecule has 0 aromatic heterocycles. The van der Waals surface area contributed by atoms with E-state index in [1.54, 1.807) is 0 Å². The maximum absolute atomic E-state index is 12.7. The summed E-state index contributed by atoms with van der Waals surface area (Å²) in [5.41, 5.74) is -4.92. The van der Waals surface area contributed by atoms with Gasteiger partial charge in [-0.05, 0) is 41.3 Å². The molecule has 0 saturated heterocycles. The van der Waals surface area contributed by atoms with Crippen LogP contribution in [0.1, 0.15) is 15.9 Å². The van der Waals surface area contributed by atoms with Gasteiger partial charge in [0.25, 0.3) is 0 Å². The average Bonchev–Trinajstić information content (AvgIpc) is 2.71. The summed E-state index contributed by atoms with van der Waals surface area (Å²) in [5, 5.41) is 0.276. The topological polar surface area (TPSA) is 78.9 Å². The lowest BCUT2D eigenvalue weighted by Crippen LogP contribution is -2.28. The molecule has 158 valence electrons. The van der Waals surface area contributed by atoms with E-state index >= 15 is 0 Å². The summed E-state index contributed by atoms with van der Waals surface area (Å²) in [6.45, 7) is 0.231. The van der Waals surface area contributed by atoms with E-state index in [4.69, 9.17) is 4.74 Å². The van der Waals surface area contributed by atoms with Gasteiger partial charge < -0.3 is 13.7 Å². The molecule has 0 fully saturated rings. The summed E-state index contributed by atoms with van der Waals surface area (Å²) in [5.74, 6) is -1.17. The predicted molar refractivity (Wildman–Crippen MR) is 102 cm³/mol. The van der Waals surface area contributed by atoms with Crippen LogP contribution in [0.25, 0.3) is 10.8 Å². The monoisotopic (exact) mass is 440 g/mol. The van der Waals surface area contributed by atoms with E-state index in [-0.39, 0.29) is 22.9 Å². The van der Waals surface area contributed by atoms with E-state index in [9.17, 15) is 26.4 Å². The van der Waals surface area contributed by atoms with Gasteiger partial charge in [0.1, 0.15) is 12.4 Å². The number of benzene rings is 3. The molecule has 0 saturated carbocycles. The number of carbonyl (C=O) groups is 1. The molecule has 0 heterocycles. The Kier molecular flexibility index (Phi) is 5.88. The van der Waals surface area contributed by atoms with Crippen molar-refractivity contribution in [2.45, 2.75) is 12.1 Å². The summed E-state index contributed by atoms with van der Waals surface area (Å²) in [6, 6.07) is 15.7. The van der Waals surface area contributed by atoms with Crippen LogP contribution in [0, 0.1) is 0 Å². The first-order valence-electron chi connectivity index (χ1n) is 8.44. The minimum absolute atomic E-state index is 0.0440. The van der Waals surface area contributed by atoms with E-state index in [0.29, 0.717) is 5.75 Å². The molecule has 0 spiro atoms. The van der Waals surface area contributed by atoms with Gasteiger partial charge in [-0.1, -0.05) is 30.3 Å². The Morgan fingerprint density at radius 2 is 1.70 bits per heavy atom. The number of methoxy groups -OCH3 is 1. The third-order valence-corrected chi connectivity index (χ3v) is 5.00. The van der Waals surface area contributed by atoms with Crippen LogP contribution < -0.4 is 8.92 Å². The van der Waals surface area contributed by atoms with E-state index in [1.165, 1.54) is 24.3 Å². The summed E-state index contributed by atoms with van der Waals surface area (Å²) in [7, 11) is -4.85. The van der Waals surface area contributed by atoms with Crippen LogP contribution in [0.3, 0.4) is 0 Å². The molecule has 3 aromatic rings. The molecule has 3 aromatic carbocycles. The number of fused-ring (bicyclic) bond motifs is 1. The molecule has 0 radical (unpaired) electrons. The van der Waals surface area contributed by atoms with Crippen molar-refractivity contribution < 1.29 is 40.0 Å². The fourth-order valence-corrected chi connectivity index (χ4v) is 3.08. The van der Waals surface area contributed by atoms with Crippen LogP contribution in [0.2, 0.25) is 0 Å². The molecule has 0 atom stereocenters. The number of ether oxygens (including phenoxy) is 2. The zero-order chi connectivity index (χ0) is 21.9. The zero-order valence-corrected chi connectivity index (χ0v) is 16.3. The molecular formula is C20H15F3O6S. The lowest BCUT2D eigenvalue weighted by Gasteiger charge is -2.14. The quantitative estimate of drug-likeness (QED) is 0.321. The van der Waals surface area contributed by atoms with Gasteiger partial charge in [-0.2, -0.15) is 21.6 Å². The van der Waals surface area contributed by atoms with Gasteiger partial charge in [-0.25, -0.2) is 4.79 Å². The smallest absolute Gasteiger partial charge is 0.489 e. The summed E-state index contributed by atoms with van der Waals surface area (Å²) in [4.78, 5) is 11.9. The van der Waals surface area contributed by atoms with E-state index in [1.807, 2.05) is 30.3 Å². The second kappa shape index (κ2) is 8.23. The van der Waals surface area contributed by atoms with Crippen LogP contribution >= 0.6 is 0 Å². The van der Waals surface area contributed by atoms with Crippen LogP contribution in [-0.2, 0) is 21.5 Å². The molecule has 0 aliphatic rings. The lowest BCUT2D eigenvalue weighted by atomic mass is 10.1. The minimum Gasteiger partial charge on any atom is -0.489 e. The average molecular weight is 440 g/mol. The van der Waals surface area contributed by atoms with Crippen LogP contribution in [-0.4, -0.2) is 27.0 Å². The molecule has 0 amide bonds. The normalized spacial score (nSPS) is 11.9. The number of hydrogen-bond donors (Lipinski definition) is 0. The highest BCUT2D eigenvalue weighted by molar-refractivity contribution is 7.88. The van der Waals surface area contributed by atoms with Crippen LogP contribution in [0.5, 0.6) is 11.5 Å². The zero-order valence-electron chi connectivity index (χ0n) is 15.5. The van der Waals surface area contributed by atoms with Crippen molar-refractivity contribution in [1.29, 1.82) is 0 Å². The van der Waals surface area contributed by atoms with Gasteiger partial charge in [-0.3, -0.25) is 0 Å². The predicted octanol–water partition coefficient (Wildman–Crippen LogP) is 4.43. The Bertz CT molecular complexity index is 1170. The third-order valence-electron chi connectivity index (χ3n) is 4.04. The van der Waals surface area contributed by atoms with Crippen LogP contribution in [0.4, 0.5) is 13.2 Å². The van der Waals surface area contributed by atoms with Crippen molar-refractivity contribution in [1.82, 2.24) is 0 Å². The van der Waals surface area contributed by atoms with Crippen molar-refractivity contribution in [2.24, 2.45) is 0 Å². The molecular weight excluding hydrogens is 425 g/mol. The number of halogens is 3. The largest absolute Gasteiger partial charge is 0.534 e. The highest BCUT2D eigenvalue weighted by Gasteiger charge is 2.48. The lowest BCUT2D eigenvalue weighted by molar-refractivity contribution is -0.0499. The maximum Gasteiger partial charge on any atom is 0.534 e. The second-order valence-corrected chi connectivity index (χ2v) is 7.64. The fraction of sp³-hybridized carbons (Fsp3) is 0.150. The number of carbonyl (C=O) groups excluding carboxylic acids is 1. The summed E-state index contributed by atoms with van der Waals surface area (Å²) >= 11 is 0. The van der Waals surface area contributed by atoms with E-state index in [0.717, 1.165) is 18.7 Å². The first-order valence-corrected chi connectivity index (χ1v) is 9.85. The third kappa shape index (κ3) is 4.65. The van der Waals surface area contributed by atoms with E-state index in [2.05, 4.69) is 8.92 Å². The molecule has 0 N–H and O–H groups in total. The molecule has 0 aliphatic carbocycles. The molecule has 10 heteroatoms. The van der Waals surface area contributed by atoms with Crippen molar-refractivity contribution in [3.8, 4) is 11.5 Å². The van der Waals surface area contributed by atoms with Crippen molar-refractivity contribution in [3.63, 3.8) is 0 Å². The van der Waals surface area contributed by atoms with Crippen molar-refractivity contribution in [3.05, 3.63) is 71.8 Å². The molecule has 0 unspecified atom stereocenters. The molecule has 0 aliphatic heterocycles. The molecule has 6 nitrogen and oxygen atoms in total. The molecule has 30 heavy (non-hydrogen) atoms. The van der Waals surface area contributed by atoms with Crippen LogP contribution in [0.15, 0.2) is 60.7 Å². The van der Waals surface area contributed by atoms with E-state index < -0.39 is 27.3 Å². The Hall–Kier alpha value is -3.27. The molecule has 0 bridgehead atoms. The first kappa shape index (κ1) is 21.4. The molecule has 3 rings (SSSR count). The number of hydrogen-bond acceptors (Lipinski definition) is 6. The Morgan fingerprint density at radius 3 is 2.33 bits per heavy atom. The highest BCUT2D eigenvalue weighted by Crippen LogP contribution is 2.35. The highest BCUT2D eigenvalue weighted by atomic mass is 32.2. The van der Waals surface area contributed by atoms with Gasteiger partial charge in [0.15, 0.2) is 5.75 Å². The Labute approximate surface area is 169 Å². The second-order valence-electron chi connectivity index (χ2n) is 6.11. The van der Waals surface area contributed by atoms with Crippen molar-refractivity contribution >= 4 is 26.9 Å². The maximum atomic E-state index is 12.7. The minimum atomic E-state index is -5.93. The number of rotatable bonds is 6. The van der Waals surface area contributed by atoms with Gasteiger partial charge in [-0.15, -0.1) is 0 Å². The summed E-state index contributed by atoms with van der Waals surface area (Å²) < 4.78 is 75.7. The number of alkyl halides is 3. The Morgan fingerprint density at radius 1 is 1.00 bits per heavy atom. The fourth-order valence-electron chi connectivity index (χ4n) is 2.61. The Balaban J connectivity index is 2.02. The standard InChI is InChI=1S/C20H15F3O6S/c1-27-19(24)15-9-14-10-16(28-12-13-5-3-2-4-6-13)7-8-17(14)18(11-15)29-30(25,26)20(21,22)23/h2-11H,12H2,1H3. The summed E-state index contributed by atoms with van der Waals surface area (Å²) in [6.07, 6.45) is 0. The van der Waals surface area contributed by atoms with Gasteiger partial charge in [0.05, 0.1) is 12.7 Å². The van der Waals surface area contributed by atoms with Gasteiger partial charge in [0.2, 0.25) is 0 Å². The number of esters is 1. The first-order chi connectivity index (χ1) is 14.1. The van der Waals surface area contributed by atoms with Crippen molar-refractivity contribution in [2.75, 3.05) is 7.11 Å².